The molecule has 23 heavy (non-hydrogen) atoms. The summed E-state index contributed by atoms with van der Waals surface area (Å²) in [7, 11) is 0. The van der Waals surface area contributed by atoms with Crippen LogP contribution >= 0.6 is 0 Å². The first kappa shape index (κ1) is 14.4. The molecule has 3 atom stereocenters. The molecule has 0 saturated carbocycles. The third kappa shape index (κ3) is 2.63. The number of amides is 1. The molecule has 4 heterocycles. The number of hydrogen-bond acceptors (Lipinski definition) is 7. The molecule has 2 aliphatic heterocycles. The van der Waals surface area contributed by atoms with Crippen LogP contribution in [-0.4, -0.2) is 51.9 Å². The van der Waals surface area contributed by atoms with Crippen molar-refractivity contribution in [1.29, 1.82) is 0 Å². The van der Waals surface area contributed by atoms with Crippen LogP contribution in [0.4, 0.5) is 0 Å². The van der Waals surface area contributed by atoms with Gasteiger partial charge in [0.05, 0.1) is 12.7 Å². The average Bonchev–Trinajstić information content (AvgIpc) is 3.25. The highest BCUT2D eigenvalue weighted by Crippen LogP contribution is 2.35. The van der Waals surface area contributed by atoms with Gasteiger partial charge < -0.3 is 18.7 Å². The normalized spacial score (nSPS) is 26.7. The standard InChI is InChI=1S/C15H18N4O4/c1-8-3-12(18-22-8)15(20)19-5-11-10(7-21-13(11)6-19)4-14-16-9(2)17-23-14/h3,10-11,13H,4-7H2,1-2H3/t10-,11+,13+/m0/s1. The maximum atomic E-state index is 12.5. The molecule has 2 aliphatic rings. The quantitative estimate of drug-likeness (QED) is 0.833. The summed E-state index contributed by atoms with van der Waals surface area (Å²) < 4.78 is 16.0. The second kappa shape index (κ2) is 5.45. The van der Waals surface area contributed by atoms with Crippen molar-refractivity contribution in [3.8, 4) is 0 Å². The molecule has 0 unspecified atom stereocenters. The van der Waals surface area contributed by atoms with E-state index in [0.717, 1.165) is 0 Å². The zero-order valence-corrected chi connectivity index (χ0v) is 13.1. The number of carbonyl (C=O) groups excluding carboxylic acids is 1. The van der Waals surface area contributed by atoms with Gasteiger partial charge in [-0.05, 0) is 19.8 Å². The summed E-state index contributed by atoms with van der Waals surface area (Å²) in [6, 6.07) is 1.66. The summed E-state index contributed by atoms with van der Waals surface area (Å²) in [6.07, 6.45) is 0.758. The van der Waals surface area contributed by atoms with E-state index in [4.69, 9.17) is 13.8 Å². The zero-order valence-electron chi connectivity index (χ0n) is 13.1. The SMILES string of the molecule is Cc1noc(C[C@H]2CO[C@@H]3CN(C(=O)c4cc(C)on4)C[C@H]23)n1. The van der Waals surface area contributed by atoms with Gasteiger partial charge in [-0.1, -0.05) is 10.3 Å². The lowest BCUT2D eigenvalue weighted by Crippen LogP contribution is -2.31. The van der Waals surface area contributed by atoms with Crippen molar-refractivity contribution in [3.63, 3.8) is 0 Å². The van der Waals surface area contributed by atoms with Crippen LogP contribution in [0.1, 0.15) is 28.0 Å². The van der Waals surface area contributed by atoms with Gasteiger partial charge in [-0.15, -0.1) is 0 Å². The van der Waals surface area contributed by atoms with Crippen LogP contribution < -0.4 is 0 Å². The van der Waals surface area contributed by atoms with Crippen LogP contribution in [-0.2, 0) is 11.2 Å². The van der Waals surface area contributed by atoms with E-state index >= 15 is 0 Å². The lowest BCUT2D eigenvalue weighted by molar-refractivity contribution is 0.0667. The van der Waals surface area contributed by atoms with E-state index in [-0.39, 0.29) is 17.9 Å². The minimum absolute atomic E-state index is 0.0703. The van der Waals surface area contributed by atoms with Crippen molar-refractivity contribution < 1.29 is 18.6 Å². The lowest BCUT2D eigenvalue weighted by atomic mass is 9.90. The number of likely N-dealkylation sites (tertiary alicyclic amines) is 1. The molecule has 0 spiro atoms. The minimum Gasteiger partial charge on any atom is -0.376 e. The lowest BCUT2D eigenvalue weighted by Gasteiger charge is -2.18. The monoisotopic (exact) mass is 318 g/mol. The second-order valence-electron chi connectivity index (χ2n) is 6.27. The van der Waals surface area contributed by atoms with Gasteiger partial charge >= 0.3 is 0 Å². The summed E-state index contributed by atoms with van der Waals surface area (Å²) in [5, 5.41) is 7.62. The summed E-state index contributed by atoms with van der Waals surface area (Å²) in [5.74, 6) is 2.38. The Morgan fingerprint density at radius 2 is 2.17 bits per heavy atom. The van der Waals surface area contributed by atoms with Gasteiger partial charge in [0.25, 0.3) is 5.91 Å². The molecule has 2 aromatic rings. The molecule has 122 valence electrons. The van der Waals surface area contributed by atoms with E-state index in [1.165, 1.54) is 0 Å². The van der Waals surface area contributed by atoms with Crippen LogP contribution in [0.3, 0.4) is 0 Å². The van der Waals surface area contributed by atoms with Gasteiger partial charge in [-0.25, -0.2) is 0 Å². The van der Waals surface area contributed by atoms with Crippen molar-refractivity contribution in [2.24, 2.45) is 11.8 Å². The van der Waals surface area contributed by atoms with E-state index in [0.29, 0.717) is 55.2 Å². The fourth-order valence-electron chi connectivity index (χ4n) is 3.45. The molecule has 2 aromatic heterocycles. The molecular weight excluding hydrogens is 300 g/mol. The predicted octanol–water partition coefficient (Wildman–Crippen LogP) is 1.00. The molecule has 1 amide bonds. The Morgan fingerprint density at radius 1 is 1.30 bits per heavy atom. The number of nitrogens with zero attached hydrogens (tertiary/aromatic N) is 4. The average molecular weight is 318 g/mol. The molecule has 0 bridgehead atoms. The molecule has 0 aliphatic carbocycles. The Morgan fingerprint density at radius 3 is 2.87 bits per heavy atom. The van der Waals surface area contributed by atoms with Gasteiger partial charge in [0.2, 0.25) is 5.89 Å². The van der Waals surface area contributed by atoms with Crippen molar-refractivity contribution in [2.75, 3.05) is 19.7 Å². The van der Waals surface area contributed by atoms with Crippen molar-refractivity contribution in [3.05, 3.63) is 29.2 Å². The summed E-state index contributed by atoms with van der Waals surface area (Å²) in [4.78, 5) is 18.5. The molecule has 8 nitrogen and oxygen atoms in total. The molecular formula is C15H18N4O4. The summed E-state index contributed by atoms with van der Waals surface area (Å²) in [5.41, 5.74) is 0.353. The van der Waals surface area contributed by atoms with E-state index in [1.807, 2.05) is 0 Å². The largest absolute Gasteiger partial charge is 0.376 e. The summed E-state index contributed by atoms with van der Waals surface area (Å²) in [6.45, 7) is 5.49. The smallest absolute Gasteiger partial charge is 0.276 e. The summed E-state index contributed by atoms with van der Waals surface area (Å²) >= 11 is 0. The van der Waals surface area contributed by atoms with Gasteiger partial charge in [-0.3, -0.25) is 4.79 Å². The van der Waals surface area contributed by atoms with Crippen molar-refractivity contribution in [2.45, 2.75) is 26.4 Å². The molecule has 2 saturated heterocycles. The van der Waals surface area contributed by atoms with Gasteiger partial charge in [0.1, 0.15) is 5.76 Å². The number of aryl methyl sites for hydroxylation is 2. The minimum atomic E-state index is -0.104. The maximum Gasteiger partial charge on any atom is 0.276 e. The van der Waals surface area contributed by atoms with Gasteiger partial charge in [0, 0.05) is 31.5 Å². The van der Waals surface area contributed by atoms with Crippen LogP contribution in [0.5, 0.6) is 0 Å². The van der Waals surface area contributed by atoms with Gasteiger partial charge in [0.15, 0.2) is 11.5 Å². The molecule has 0 aromatic carbocycles. The number of rotatable bonds is 3. The first-order valence-electron chi connectivity index (χ1n) is 7.73. The van der Waals surface area contributed by atoms with E-state index < -0.39 is 0 Å². The van der Waals surface area contributed by atoms with Crippen LogP contribution in [0.25, 0.3) is 0 Å². The fraction of sp³-hybridized carbons (Fsp3) is 0.600. The highest BCUT2D eigenvalue weighted by Gasteiger charge is 2.46. The number of carbonyl (C=O) groups is 1. The molecule has 4 rings (SSSR count). The van der Waals surface area contributed by atoms with Crippen LogP contribution in [0, 0.1) is 25.7 Å². The number of ether oxygens (including phenoxy) is 1. The first-order chi connectivity index (χ1) is 11.1. The predicted molar refractivity (Wildman–Crippen MR) is 76.6 cm³/mol. The van der Waals surface area contributed by atoms with Crippen molar-refractivity contribution in [1.82, 2.24) is 20.2 Å². The van der Waals surface area contributed by atoms with Crippen LogP contribution in [0.15, 0.2) is 15.1 Å². The highest BCUT2D eigenvalue weighted by atomic mass is 16.5. The Balaban J connectivity index is 1.43. The van der Waals surface area contributed by atoms with Gasteiger partial charge in [-0.2, -0.15) is 4.98 Å². The maximum absolute atomic E-state index is 12.5. The third-order valence-corrected chi connectivity index (χ3v) is 4.58. The number of hydrogen-bond donors (Lipinski definition) is 0. The van der Waals surface area contributed by atoms with Crippen LogP contribution in [0.2, 0.25) is 0 Å². The Bertz CT molecular complexity index is 725. The fourth-order valence-corrected chi connectivity index (χ4v) is 3.45. The highest BCUT2D eigenvalue weighted by molar-refractivity contribution is 5.92. The molecule has 2 fully saturated rings. The Labute approximate surface area is 132 Å². The molecule has 8 heteroatoms. The second-order valence-corrected chi connectivity index (χ2v) is 6.27. The first-order valence-corrected chi connectivity index (χ1v) is 7.73. The number of fused-ring (bicyclic) bond motifs is 1. The number of aromatic nitrogens is 3. The van der Waals surface area contributed by atoms with E-state index in [9.17, 15) is 4.79 Å². The van der Waals surface area contributed by atoms with E-state index in [2.05, 4.69) is 15.3 Å². The third-order valence-electron chi connectivity index (χ3n) is 4.58. The Kier molecular flexibility index (Phi) is 3.41. The Hall–Kier alpha value is -2.22. The zero-order chi connectivity index (χ0) is 16.0. The molecule has 0 radical (unpaired) electrons. The topological polar surface area (TPSA) is 94.5 Å². The van der Waals surface area contributed by atoms with Crippen molar-refractivity contribution >= 4 is 5.91 Å². The molecule has 0 N–H and O–H groups in total. The van der Waals surface area contributed by atoms with E-state index in [1.54, 1.807) is 24.8 Å².